The summed E-state index contributed by atoms with van der Waals surface area (Å²) in [5.74, 6) is -2.12. The number of halogens is 1. The largest absolute Gasteiger partial charge is 0.507 e. The lowest BCUT2D eigenvalue weighted by Gasteiger charge is -2.16. The number of likely N-dealkylation sites (tertiary alicyclic amines) is 1. The Hall–Kier alpha value is -1.75. The van der Waals surface area contributed by atoms with Gasteiger partial charge in [-0.1, -0.05) is 18.5 Å². The second-order valence-electron chi connectivity index (χ2n) is 4.79. The summed E-state index contributed by atoms with van der Waals surface area (Å²) in [4.78, 5) is 24.7. The van der Waals surface area contributed by atoms with Gasteiger partial charge in [-0.25, -0.2) is 0 Å². The number of nitrogens with zero attached hydrogens (tertiary/aromatic N) is 1. The third kappa shape index (κ3) is 2.66. The van der Waals surface area contributed by atoms with Gasteiger partial charge in [0.25, 0.3) is 5.91 Å². The van der Waals surface area contributed by atoms with E-state index in [0.717, 1.165) is 0 Å². The third-order valence-corrected chi connectivity index (χ3v) is 3.64. The van der Waals surface area contributed by atoms with Crippen LogP contribution in [0.5, 0.6) is 5.75 Å². The van der Waals surface area contributed by atoms with Crippen LogP contribution in [0.3, 0.4) is 0 Å². The number of rotatable bonds is 2. The van der Waals surface area contributed by atoms with E-state index in [4.69, 9.17) is 16.7 Å². The fourth-order valence-electron chi connectivity index (χ4n) is 2.30. The fraction of sp³-hybridized carbons (Fsp3) is 0.385. The third-order valence-electron chi connectivity index (χ3n) is 3.41. The van der Waals surface area contributed by atoms with Crippen LogP contribution in [0, 0.1) is 11.8 Å². The van der Waals surface area contributed by atoms with E-state index in [0.29, 0.717) is 11.6 Å². The number of benzene rings is 1. The Bertz CT molecular complexity index is 531. The van der Waals surface area contributed by atoms with Crippen molar-refractivity contribution >= 4 is 23.5 Å². The van der Waals surface area contributed by atoms with Crippen LogP contribution in [0.4, 0.5) is 0 Å². The minimum Gasteiger partial charge on any atom is -0.507 e. The van der Waals surface area contributed by atoms with Crippen LogP contribution in [0.1, 0.15) is 17.3 Å². The minimum atomic E-state index is -0.905. The van der Waals surface area contributed by atoms with Gasteiger partial charge < -0.3 is 15.1 Å². The van der Waals surface area contributed by atoms with E-state index >= 15 is 0 Å². The number of phenols is 1. The van der Waals surface area contributed by atoms with Gasteiger partial charge in [-0.3, -0.25) is 9.59 Å². The number of carboxylic acid groups (broad SMARTS) is 1. The molecule has 2 N–H and O–H groups in total. The van der Waals surface area contributed by atoms with Crippen LogP contribution in [0.25, 0.3) is 0 Å². The predicted molar refractivity (Wildman–Crippen MR) is 69.3 cm³/mol. The zero-order valence-corrected chi connectivity index (χ0v) is 11.1. The molecule has 1 saturated heterocycles. The van der Waals surface area contributed by atoms with Crippen molar-refractivity contribution in [2.24, 2.45) is 11.8 Å². The molecule has 0 aliphatic carbocycles. The molecule has 19 heavy (non-hydrogen) atoms. The van der Waals surface area contributed by atoms with E-state index in [1.165, 1.54) is 23.1 Å². The molecule has 0 spiro atoms. The lowest BCUT2D eigenvalue weighted by molar-refractivity contribution is -0.142. The van der Waals surface area contributed by atoms with E-state index in [9.17, 15) is 14.7 Å². The van der Waals surface area contributed by atoms with Gasteiger partial charge in [-0.2, -0.15) is 0 Å². The molecule has 1 aliphatic rings. The Morgan fingerprint density at radius 3 is 2.63 bits per heavy atom. The van der Waals surface area contributed by atoms with Gasteiger partial charge in [0, 0.05) is 18.1 Å². The fourth-order valence-corrected chi connectivity index (χ4v) is 2.48. The molecule has 1 aromatic rings. The lowest BCUT2D eigenvalue weighted by Crippen LogP contribution is -2.30. The van der Waals surface area contributed by atoms with Gasteiger partial charge in [0.1, 0.15) is 5.75 Å². The summed E-state index contributed by atoms with van der Waals surface area (Å²) in [6.45, 7) is 2.31. The summed E-state index contributed by atoms with van der Waals surface area (Å²) in [5, 5.41) is 19.1. The van der Waals surface area contributed by atoms with Crippen molar-refractivity contribution in [2.75, 3.05) is 13.1 Å². The molecule has 1 heterocycles. The predicted octanol–water partition coefficient (Wildman–Crippen LogP) is 1.84. The Balaban J connectivity index is 2.22. The van der Waals surface area contributed by atoms with Crippen molar-refractivity contribution in [1.82, 2.24) is 4.90 Å². The molecular weight excluding hydrogens is 270 g/mol. The molecule has 0 unspecified atom stereocenters. The quantitative estimate of drug-likeness (QED) is 0.868. The molecule has 1 aliphatic heterocycles. The molecule has 5 nitrogen and oxygen atoms in total. The normalized spacial score (nSPS) is 22.5. The van der Waals surface area contributed by atoms with Gasteiger partial charge in [-0.05, 0) is 24.1 Å². The van der Waals surface area contributed by atoms with Gasteiger partial charge in [0.15, 0.2) is 0 Å². The summed E-state index contributed by atoms with van der Waals surface area (Å²) in [5.41, 5.74) is 0.103. The highest BCUT2D eigenvalue weighted by atomic mass is 35.5. The van der Waals surface area contributed by atoms with Gasteiger partial charge in [-0.15, -0.1) is 0 Å². The maximum Gasteiger partial charge on any atom is 0.308 e. The maximum absolute atomic E-state index is 12.2. The number of carbonyl (C=O) groups excluding carboxylic acids is 1. The van der Waals surface area contributed by atoms with Crippen LogP contribution in [-0.4, -0.2) is 40.1 Å². The number of carbonyl (C=O) groups is 2. The van der Waals surface area contributed by atoms with Crippen molar-refractivity contribution < 1.29 is 19.8 Å². The smallest absolute Gasteiger partial charge is 0.308 e. The minimum absolute atomic E-state index is 0.103. The molecule has 6 heteroatoms. The molecule has 0 bridgehead atoms. The molecule has 2 rings (SSSR count). The Labute approximate surface area is 115 Å². The molecular formula is C13H14ClNO4. The second-order valence-corrected chi connectivity index (χ2v) is 5.23. The second kappa shape index (κ2) is 5.09. The highest BCUT2D eigenvalue weighted by Crippen LogP contribution is 2.28. The summed E-state index contributed by atoms with van der Waals surface area (Å²) >= 11 is 5.80. The molecule has 0 aromatic heterocycles. The van der Waals surface area contributed by atoms with E-state index in [1.54, 1.807) is 6.92 Å². The number of aromatic hydroxyl groups is 1. The van der Waals surface area contributed by atoms with Crippen LogP contribution in [-0.2, 0) is 4.79 Å². The number of carboxylic acids is 1. The van der Waals surface area contributed by atoms with Crippen molar-refractivity contribution in [3.05, 3.63) is 28.8 Å². The van der Waals surface area contributed by atoms with Crippen molar-refractivity contribution in [2.45, 2.75) is 6.92 Å². The van der Waals surface area contributed by atoms with Crippen LogP contribution >= 0.6 is 11.6 Å². The first kappa shape index (κ1) is 13.7. The molecule has 1 amide bonds. The zero-order valence-electron chi connectivity index (χ0n) is 10.3. The summed E-state index contributed by atoms with van der Waals surface area (Å²) in [7, 11) is 0. The van der Waals surface area contributed by atoms with E-state index in [1.807, 2.05) is 0 Å². The SMILES string of the molecule is C[C@@H]1CN(C(=O)c2cc(Cl)ccc2O)C[C@H]1C(=O)O. The molecule has 0 saturated carbocycles. The van der Waals surface area contributed by atoms with E-state index in [2.05, 4.69) is 0 Å². The number of hydrogen-bond donors (Lipinski definition) is 2. The van der Waals surface area contributed by atoms with Crippen molar-refractivity contribution in [3.8, 4) is 5.75 Å². The molecule has 2 atom stereocenters. The average Bonchev–Trinajstić information content (AvgIpc) is 2.74. The van der Waals surface area contributed by atoms with E-state index < -0.39 is 17.8 Å². The van der Waals surface area contributed by atoms with E-state index in [-0.39, 0.29) is 23.8 Å². The number of aliphatic carboxylic acids is 1. The van der Waals surface area contributed by atoms with Gasteiger partial charge >= 0.3 is 5.97 Å². The van der Waals surface area contributed by atoms with Crippen molar-refractivity contribution in [1.29, 1.82) is 0 Å². The summed E-state index contributed by atoms with van der Waals surface area (Å²) in [6, 6.07) is 4.22. The Morgan fingerprint density at radius 1 is 1.37 bits per heavy atom. The highest BCUT2D eigenvalue weighted by Gasteiger charge is 2.37. The van der Waals surface area contributed by atoms with Crippen LogP contribution in [0.2, 0.25) is 5.02 Å². The summed E-state index contributed by atoms with van der Waals surface area (Å²) in [6.07, 6.45) is 0. The van der Waals surface area contributed by atoms with Crippen LogP contribution < -0.4 is 0 Å². The van der Waals surface area contributed by atoms with Crippen LogP contribution in [0.15, 0.2) is 18.2 Å². The Morgan fingerprint density at radius 2 is 2.05 bits per heavy atom. The first-order chi connectivity index (χ1) is 8.90. The van der Waals surface area contributed by atoms with Crippen molar-refractivity contribution in [3.63, 3.8) is 0 Å². The standard InChI is InChI=1S/C13H14ClNO4/c1-7-5-15(6-10(7)13(18)19)12(17)9-4-8(14)2-3-11(9)16/h2-4,7,10,16H,5-6H2,1H3,(H,18,19)/t7-,10-/m1/s1. The topological polar surface area (TPSA) is 77.8 Å². The molecule has 102 valence electrons. The monoisotopic (exact) mass is 283 g/mol. The van der Waals surface area contributed by atoms with Gasteiger partial charge in [0.2, 0.25) is 0 Å². The number of amides is 1. The first-order valence-corrected chi connectivity index (χ1v) is 6.28. The average molecular weight is 284 g/mol. The first-order valence-electron chi connectivity index (χ1n) is 5.90. The summed E-state index contributed by atoms with van der Waals surface area (Å²) < 4.78 is 0. The zero-order chi connectivity index (χ0) is 14.2. The molecule has 1 aromatic carbocycles. The maximum atomic E-state index is 12.2. The highest BCUT2D eigenvalue weighted by molar-refractivity contribution is 6.31. The Kier molecular flexibility index (Phi) is 3.66. The van der Waals surface area contributed by atoms with Gasteiger partial charge in [0.05, 0.1) is 11.5 Å². The number of hydrogen-bond acceptors (Lipinski definition) is 3. The molecule has 1 fully saturated rings. The number of phenolic OH excluding ortho intramolecular Hbond substituents is 1. The lowest BCUT2D eigenvalue weighted by atomic mass is 9.99. The molecule has 0 radical (unpaired) electrons.